The van der Waals surface area contributed by atoms with Crippen molar-refractivity contribution in [2.75, 3.05) is 27.3 Å². The number of allylic oxidation sites excluding steroid dienone is 3. The minimum Gasteiger partial charge on any atom is -0.494 e. The molecule has 7 aliphatic rings. The number of benzene rings is 2. The topological polar surface area (TPSA) is 306 Å². The van der Waals surface area contributed by atoms with Gasteiger partial charge >= 0.3 is 12.2 Å². The summed E-state index contributed by atoms with van der Waals surface area (Å²) in [6.45, 7) is 17.2. The van der Waals surface area contributed by atoms with E-state index in [1.54, 1.807) is 99.0 Å². The Morgan fingerprint density at radius 3 is 1.56 bits per heavy atom. The van der Waals surface area contributed by atoms with E-state index in [9.17, 15) is 46.8 Å². The third kappa shape index (κ3) is 17.5. The second-order valence-electron chi connectivity index (χ2n) is 30.4. The van der Waals surface area contributed by atoms with Crippen LogP contribution in [0, 0.1) is 29.1 Å². The number of amides is 6. The minimum atomic E-state index is -3.97. The molecule has 0 bridgehead atoms. The molecule has 0 radical (unpaired) electrons. The Bertz CT molecular complexity index is 4040. The van der Waals surface area contributed by atoms with Gasteiger partial charge in [-0.3, -0.25) is 33.5 Å². The van der Waals surface area contributed by atoms with Gasteiger partial charge in [-0.1, -0.05) is 94.5 Å². The molecule has 5 fully saturated rings. The average Bonchev–Trinajstić information content (AvgIpc) is 1.57. The van der Waals surface area contributed by atoms with Crippen LogP contribution in [0.25, 0.3) is 21.5 Å². The molecule has 4 aliphatic heterocycles. The highest BCUT2D eigenvalue weighted by Gasteiger charge is 2.64. The number of ether oxygens (including phenoxy) is 6. The Hall–Kier alpha value is -7.77. The van der Waals surface area contributed by atoms with Crippen LogP contribution in [0.5, 0.6) is 23.3 Å². The largest absolute Gasteiger partial charge is 0.494 e. The molecule has 102 heavy (non-hydrogen) atoms. The van der Waals surface area contributed by atoms with Crippen LogP contribution in [0.4, 0.5) is 9.59 Å². The van der Waals surface area contributed by atoms with Crippen LogP contribution in [0.15, 0.2) is 73.1 Å². The average molecular weight is 1470 g/mol. The predicted octanol–water partition coefficient (Wildman–Crippen LogP) is 11.9. The van der Waals surface area contributed by atoms with E-state index in [1.807, 2.05) is 31.2 Å². The van der Waals surface area contributed by atoms with Crippen LogP contribution in [0.1, 0.15) is 173 Å². The van der Waals surface area contributed by atoms with Crippen LogP contribution in [-0.4, -0.2) is 161 Å². The SMILES string of the molecule is C.COc1cnc(O[C@H]2CN3C(=O)[C@@H](NC(=O)OC(C)(C)C)CCCCC/C=C\[C@@H]4C[C@@]4(C(=O)NS(=O)(=O)C4(C)CC4)CC(=O)[C@@H]3[C@@H]2C)c2cc(Cl)ccc12.COc1cnc(O[C@H]2CN3C(=O)[C@@H](NC(=O)OC(C)(C)C)CCCCC/C=C\[C@@H]4C[C@@]4(C(C)=O)NC(=O)[C@@H]3[C@@H]2C)c2cc(Cl)ccc12. The van der Waals surface area contributed by atoms with Crippen molar-refractivity contribution in [3.63, 3.8) is 0 Å². The zero-order chi connectivity index (χ0) is 73.3. The summed E-state index contributed by atoms with van der Waals surface area (Å²) < 4.78 is 62.8. The van der Waals surface area contributed by atoms with Crippen molar-refractivity contribution in [3.8, 4) is 23.3 Å². The van der Waals surface area contributed by atoms with Crippen LogP contribution in [-0.2, 0) is 48.3 Å². The number of nitrogens with one attached hydrogen (secondary N) is 4. The van der Waals surface area contributed by atoms with Crippen LogP contribution in [0.3, 0.4) is 0 Å². The summed E-state index contributed by atoms with van der Waals surface area (Å²) in [6.07, 6.45) is 16.5. The first-order valence-corrected chi connectivity index (χ1v) is 37.3. The smallest absolute Gasteiger partial charge is 0.408 e. The van der Waals surface area contributed by atoms with Gasteiger partial charge in [-0.25, -0.2) is 28.0 Å². The van der Waals surface area contributed by atoms with Crippen molar-refractivity contribution in [1.29, 1.82) is 0 Å². The number of alkyl carbamates (subject to hydrolysis) is 2. The zero-order valence-electron chi connectivity index (χ0n) is 59.7. The molecule has 11 rings (SSSR count). The number of hydrogen-bond acceptors (Lipinski definition) is 18. The van der Waals surface area contributed by atoms with E-state index in [2.05, 4.69) is 36.7 Å². The number of aromatic nitrogens is 2. The van der Waals surface area contributed by atoms with Gasteiger partial charge < -0.3 is 54.2 Å². The Morgan fingerprint density at radius 1 is 0.647 bits per heavy atom. The number of ketones is 2. The molecule has 556 valence electrons. The number of hydrogen-bond donors (Lipinski definition) is 4. The van der Waals surface area contributed by atoms with Gasteiger partial charge in [0.25, 0.3) is 0 Å². The second kappa shape index (κ2) is 31.3. The lowest BCUT2D eigenvalue weighted by Gasteiger charge is -2.31. The number of pyridine rings is 2. The summed E-state index contributed by atoms with van der Waals surface area (Å²) in [5, 5.41) is 12.2. The number of sulfonamides is 1. The first-order valence-electron chi connectivity index (χ1n) is 35.1. The lowest BCUT2D eigenvalue weighted by Crippen LogP contribution is -2.57. The van der Waals surface area contributed by atoms with Gasteiger partial charge in [-0.2, -0.15) is 0 Å². The summed E-state index contributed by atoms with van der Waals surface area (Å²) in [4.78, 5) is 123. The third-order valence-corrected chi connectivity index (χ3v) is 23.2. The standard InChI is InChI=1S/C39H51ClN4O9S.C35H45ClN4O7.CH4/c1-23-31(52-33-27-18-25(40)14-15-26(27)30(51-6)21-41-33)22-44-32(23)29(45)20-39(35(47)43-54(49,50)38(5)16-17-38)19-24(39)12-10-8-7-9-11-13-28(34(44)46)42-36(48)53-37(2,3)4;1-20-28(46-31-25-16-23(36)14-15-24(25)27(45-6)18-37-31)19-40-29(20)30(42)39-35(21(2)41)17-22(35)12-10-8-7-9-11-13-26(32(40)43)38-33(44)47-34(3,4)5;/h10,12,14-15,18,21,23-24,28,31-32H,7-9,11,13,16-17,19-20,22H2,1-6H3,(H,42,48)(H,43,47);10,12,14-16,18,20,22,26,28-29H,7-9,11,13,17,19H2,1-6H3,(H,38,44)(H,39,42);1H4/b2*12-10-;/t23-,24-,28+,31+,32+,39-;20-,22-,26+,28+,29+,35+;/m11./s1. The molecule has 2 saturated heterocycles. The highest BCUT2D eigenvalue weighted by Crippen LogP contribution is 2.58. The molecule has 3 aliphatic carbocycles. The normalized spacial score (nSPS) is 28.8. The van der Waals surface area contributed by atoms with Crippen molar-refractivity contribution in [2.24, 2.45) is 29.1 Å². The van der Waals surface area contributed by atoms with E-state index >= 15 is 0 Å². The van der Waals surface area contributed by atoms with E-state index in [0.717, 1.165) is 37.5 Å². The van der Waals surface area contributed by atoms with E-state index < -0.39 is 127 Å². The number of rotatable bonds is 12. The van der Waals surface area contributed by atoms with Gasteiger partial charge in [-0.05, 0) is 162 Å². The molecule has 6 amide bonds. The van der Waals surface area contributed by atoms with Gasteiger partial charge in [0.1, 0.15) is 58.6 Å². The zero-order valence-corrected chi connectivity index (χ0v) is 62.0. The van der Waals surface area contributed by atoms with Gasteiger partial charge in [0.2, 0.25) is 45.4 Å². The summed E-state index contributed by atoms with van der Waals surface area (Å²) >= 11 is 12.7. The van der Waals surface area contributed by atoms with Crippen molar-refractivity contribution in [1.82, 2.24) is 40.4 Å². The maximum atomic E-state index is 14.7. The summed E-state index contributed by atoms with van der Waals surface area (Å²) in [7, 11) is -0.882. The quantitative estimate of drug-likeness (QED) is 0.0958. The summed E-state index contributed by atoms with van der Waals surface area (Å²) in [5.74, 6) is -2.54. The van der Waals surface area contributed by atoms with E-state index in [4.69, 9.17) is 51.6 Å². The number of Topliss-reactive ketones (excluding diaryl/α,β-unsaturated/α-hetero) is 2. The molecule has 24 nitrogen and oxygen atoms in total. The summed E-state index contributed by atoms with van der Waals surface area (Å²) in [6, 6.07) is 6.55. The van der Waals surface area contributed by atoms with Crippen molar-refractivity contribution < 1.29 is 75.2 Å². The van der Waals surface area contributed by atoms with E-state index in [0.29, 0.717) is 95.5 Å². The molecule has 0 unspecified atom stereocenters. The molecule has 6 heterocycles. The Labute approximate surface area is 608 Å². The van der Waals surface area contributed by atoms with Crippen LogP contribution >= 0.6 is 23.2 Å². The monoisotopic (exact) mass is 1470 g/mol. The van der Waals surface area contributed by atoms with Crippen LogP contribution in [0.2, 0.25) is 10.0 Å². The Kier molecular flexibility index (Phi) is 24.0. The first kappa shape index (κ1) is 78.4. The highest BCUT2D eigenvalue weighted by molar-refractivity contribution is 7.91. The van der Waals surface area contributed by atoms with Crippen molar-refractivity contribution in [3.05, 3.63) is 83.1 Å². The molecular formula is C75H100Cl2N8O16S. The van der Waals surface area contributed by atoms with E-state index in [-0.39, 0.29) is 56.3 Å². The molecule has 0 spiro atoms. The second-order valence-corrected chi connectivity index (χ2v) is 33.5. The fourth-order valence-corrected chi connectivity index (χ4v) is 16.0. The lowest BCUT2D eigenvalue weighted by molar-refractivity contribution is -0.142. The number of fused-ring (bicyclic) bond motifs is 6. The third-order valence-electron chi connectivity index (χ3n) is 20.6. The Morgan fingerprint density at radius 2 is 1.11 bits per heavy atom. The molecular weight excluding hydrogens is 1370 g/mol. The first-order chi connectivity index (χ1) is 47.6. The molecule has 2 aromatic heterocycles. The molecule has 4 N–H and O–H groups in total. The molecule has 2 aromatic carbocycles. The van der Waals surface area contributed by atoms with E-state index in [1.165, 1.54) is 30.0 Å². The van der Waals surface area contributed by atoms with Crippen molar-refractivity contribution in [2.45, 2.75) is 231 Å². The molecule has 3 saturated carbocycles. The molecule has 27 heteroatoms. The Balaban J connectivity index is 0.000000237. The predicted molar refractivity (Wildman–Crippen MR) is 387 cm³/mol. The molecule has 4 aromatic rings. The highest BCUT2D eigenvalue weighted by atomic mass is 35.5. The van der Waals surface area contributed by atoms with Gasteiger partial charge in [0.05, 0.1) is 55.9 Å². The number of methoxy groups -OCH3 is 2. The summed E-state index contributed by atoms with van der Waals surface area (Å²) in [5.41, 5.74) is -3.88. The number of halogens is 2. The lowest BCUT2D eigenvalue weighted by atomic mass is 9.87. The van der Waals surface area contributed by atoms with Gasteiger partial charge in [0.15, 0.2) is 11.6 Å². The van der Waals surface area contributed by atoms with Gasteiger partial charge in [-0.15, -0.1) is 0 Å². The van der Waals surface area contributed by atoms with Crippen molar-refractivity contribution >= 4 is 102 Å². The fourth-order valence-electron chi connectivity index (χ4n) is 14.3. The molecule has 12 atom stereocenters. The maximum absolute atomic E-state index is 14.7. The number of carbonyl (C=O) groups is 8. The maximum Gasteiger partial charge on any atom is 0.408 e. The number of nitrogens with zero attached hydrogens (tertiary/aromatic N) is 4. The van der Waals surface area contributed by atoms with Gasteiger partial charge in [0, 0.05) is 55.8 Å². The number of carbonyl (C=O) groups excluding carboxylic acids is 8. The van der Waals surface area contributed by atoms with Crippen LogP contribution < -0.4 is 39.6 Å². The minimum absolute atomic E-state index is 0. The fraction of sp³-hybridized carbons (Fsp3) is 0.600.